The summed E-state index contributed by atoms with van der Waals surface area (Å²) in [5, 5.41) is 17.6. The molecule has 0 heterocycles. The van der Waals surface area contributed by atoms with E-state index in [1.54, 1.807) is 6.92 Å². The smallest absolute Gasteiger partial charge is 0.238 e. The molecular weight excluding hydrogens is 271 g/mol. The van der Waals surface area contributed by atoms with E-state index in [0.717, 1.165) is 12.5 Å². The maximum atomic E-state index is 13.7. The van der Waals surface area contributed by atoms with Gasteiger partial charge in [-0.25, -0.2) is 17.9 Å². The van der Waals surface area contributed by atoms with Crippen LogP contribution in [0.1, 0.15) is 26.7 Å². The summed E-state index contributed by atoms with van der Waals surface area (Å²) in [6, 6.07) is 3.36. The number of nitrogens with two attached hydrogens (primary N) is 1. The Hall–Kier alpha value is -1.18. The first-order valence-corrected chi connectivity index (χ1v) is 7.49. The molecule has 0 aliphatic rings. The molecule has 0 aromatic heterocycles. The molecule has 1 unspecified atom stereocenters. The average molecular weight is 290 g/mol. The molecule has 0 spiro atoms. The van der Waals surface area contributed by atoms with Crippen LogP contribution in [0.4, 0.5) is 10.1 Å². The highest BCUT2D eigenvalue weighted by Gasteiger charge is 2.19. The van der Waals surface area contributed by atoms with Crippen molar-refractivity contribution in [1.29, 1.82) is 0 Å². The highest BCUT2D eigenvalue weighted by molar-refractivity contribution is 7.89. The summed E-state index contributed by atoms with van der Waals surface area (Å²) in [4.78, 5) is -0.282. The summed E-state index contributed by atoms with van der Waals surface area (Å²) in [6.07, 6.45) is 1.39. The molecule has 0 bridgehead atoms. The zero-order valence-electron chi connectivity index (χ0n) is 11.0. The third kappa shape index (κ3) is 4.77. The van der Waals surface area contributed by atoms with E-state index in [2.05, 4.69) is 5.32 Å². The Bertz CT molecular complexity index is 544. The molecule has 0 aliphatic heterocycles. The second-order valence-electron chi connectivity index (χ2n) is 4.79. The predicted octanol–water partition coefficient (Wildman–Crippen LogP) is 1.44. The molecule has 0 radical (unpaired) electrons. The monoisotopic (exact) mass is 290 g/mol. The van der Waals surface area contributed by atoms with Crippen LogP contribution < -0.4 is 10.5 Å². The zero-order valence-corrected chi connectivity index (χ0v) is 11.8. The number of primary sulfonamides is 1. The Balaban J connectivity index is 2.82. The van der Waals surface area contributed by atoms with Crippen LogP contribution in [-0.2, 0) is 10.0 Å². The lowest BCUT2D eigenvalue weighted by atomic mass is 10.0. The van der Waals surface area contributed by atoms with Gasteiger partial charge in [0.2, 0.25) is 10.0 Å². The summed E-state index contributed by atoms with van der Waals surface area (Å²) in [6.45, 7) is 3.77. The van der Waals surface area contributed by atoms with Crippen molar-refractivity contribution in [2.24, 2.45) is 5.14 Å². The van der Waals surface area contributed by atoms with Crippen molar-refractivity contribution >= 4 is 15.7 Å². The van der Waals surface area contributed by atoms with Gasteiger partial charge in [0.1, 0.15) is 5.82 Å². The second kappa shape index (κ2) is 5.85. The van der Waals surface area contributed by atoms with E-state index in [9.17, 15) is 17.9 Å². The van der Waals surface area contributed by atoms with E-state index < -0.39 is 21.4 Å². The van der Waals surface area contributed by atoms with Crippen LogP contribution in [0.5, 0.6) is 0 Å². The molecule has 0 fully saturated rings. The van der Waals surface area contributed by atoms with Crippen LogP contribution in [0.15, 0.2) is 23.1 Å². The van der Waals surface area contributed by atoms with Crippen molar-refractivity contribution in [1.82, 2.24) is 0 Å². The van der Waals surface area contributed by atoms with Gasteiger partial charge in [0.05, 0.1) is 16.2 Å². The van der Waals surface area contributed by atoms with E-state index in [0.29, 0.717) is 6.42 Å². The van der Waals surface area contributed by atoms with E-state index in [1.807, 2.05) is 6.92 Å². The zero-order chi connectivity index (χ0) is 14.7. The molecule has 0 aliphatic carbocycles. The minimum atomic E-state index is -3.91. The summed E-state index contributed by atoms with van der Waals surface area (Å²) in [5.41, 5.74) is -0.816. The van der Waals surface area contributed by atoms with Gasteiger partial charge in [-0.1, -0.05) is 13.3 Å². The third-order valence-electron chi connectivity index (χ3n) is 2.72. The van der Waals surface area contributed by atoms with E-state index >= 15 is 0 Å². The molecule has 0 saturated heterocycles. The summed E-state index contributed by atoms with van der Waals surface area (Å²) < 4.78 is 35.8. The molecule has 7 heteroatoms. The maximum absolute atomic E-state index is 13.7. The van der Waals surface area contributed by atoms with Gasteiger partial charge in [-0.3, -0.25) is 0 Å². The number of aliphatic hydroxyl groups is 1. The molecule has 5 nitrogen and oxygen atoms in total. The fourth-order valence-electron chi connectivity index (χ4n) is 1.73. The molecule has 0 amide bonds. The number of benzene rings is 1. The Labute approximate surface area is 112 Å². The van der Waals surface area contributed by atoms with Gasteiger partial charge >= 0.3 is 0 Å². The Morgan fingerprint density at radius 3 is 2.58 bits per heavy atom. The van der Waals surface area contributed by atoms with Gasteiger partial charge in [0.25, 0.3) is 0 Å². The average Bonchev–Trinajstić information content (AvgIpc) is 2.26. The fourth-order valence-corrected chi connectivity index (χ4v) is 2.25. The minimum Gasteiger partial charge on any atom is -0.388 e. The third-order valence-corrected chi connectivity index (χ3v) is 3.63. The van der Waals surface area contributed by atoms with Gasteiger partial charge in [0.15, 0.2) is 0 Å². The number of halogens is 1. The molecule has 108 valence electrons. The fraction of sp³-hybridized carbons (Fsp3) is 0.500. The van der Waals surface area contributed by atoms with Gasteiger partial charge in [-0.05, 0) is 31.5 Å². The van der Waals surface area contributed by atoms with E-state index in [1.165, 1.54) is 12.1 Å². The minimum absolute atomic E-state index is 0.128. The van der Waals surface area contributed by atoms with Gasteiger partial charge < -0.3 is 10.4 Å². The Kier molecular flexibility index (Phi) is 4.89. The second-order valence-corrected chi connectivity index (χ2v) is 6.35. The summed E-state index contributed by atoms with van der Waals surface area (Å²) in [7, 11) is -3.91. The van der Waals surface area contributed by atoms with Crippen LogP contribution in [0, 0.1) is 5.82 Å². The number of rotatable bonds is 6. The van der Waals surface area contributed by atoms with Crippen molar-refractivity contribution in [3.8, 4) is 0 Å². The topological polar surface area (TPSA) is 92.4 Å². The van der Waals surface area contributed by atoms with Gasteiger partial charge in [-0.15, -0.1) is 0 Å². The molecule has 19 heavy (non-hydrogen) atoms. The highest BCUT2D eigenvalue weighted by atomic mass is 32.2. The number of nitrogens with one attached hydrogen (secondary N) is 1. The molecule has 1 atom stereocenters. The standard InChI is InChI=1S/C12H19FN2O3S/c1-3-6-12(2,16)8-15-11-5-4-9(7-10(11)13)19(14,17)18/h4-5,7,15-16H,3,6,8H2,1-2H3,(H2,14,17,18). The lowest BCUT2D eigenvalue weighted by Gasteiger charge is -2.23. The quantitative estimate of drug-likeness (QED) is 0.739. The highest BCUT2D eigenvalue weighted by Crippen LogP contribution is 2.20. The molecule has 1 rings (SSSR count). The van der Waals surface area contributed by atoms with Crippen LogP contribution in [0.3, 0.4) is 0 Å². The first-order valence-electron chi connectivity index (χ1n) is 5.94. The molecule has 4 N–H and O–H groups in total. The number of hydrogen-bond donors (Lipinski definition) is 3. The molecule has 1 aromatic rings. The van der Waals surface area contributed by atoms with E-state index in [-0.39, 0.29) is 17.1 Å². The van der Waals surface area contributed by atoms with Crippen LogP contribution in [-0.4, -0.2) is 25.7 Å². The normalized spacial score (nSPS) is 15.0. The number of sulfonamides is 1. The largest absolute Gasteiger partial charge is 0.388 e. The molecule has 0 saturated carbocycles. The van der Waals surface area contributed by atoms with E-state index in [4.69, 9.17) is 5.14 Å². The lowest BCUT2D eigenvalue weighted by Crippen LogP contribution is -2.33. The van der Waals surface area contributed by atoms with Crippen LogP contribution >= 0.6 is 0 Å². The van der Waals surface area contributed by atoms with Crippen molar-refractivity contribution in [2.75, 3.05) is 11.9 Å². The summed E-state index contributed by atoms with van der Waals surface area (Å²) in [5.74, 6) is -0.723. The first kappa shape index (κ1) is 15.9. The van der Waals surface area contributed by atoms with Crippen molar-refractivity contribution in [3.63, 3.8) is 0 Å². The van der Waals surface area contributed by atoms with Crippen molar-refractivity contribution in [3.05, 3.63) is 24.0 Å². The summed E-state index contributed by atoms with van der Waals surface area (Å²) >= 11 is 0. The maximum Gasteiger partial charge on any atom is 0.238 e. The predicted molar refractivity (Wildman–Crippen MR) is 71.8 cm³/mol. The molecular formula is C12H19FN2O3S. The van der Waals surface area contributed by atoms with Gasteiger partial charge in [0, 0.05) is 6.54 Å². The first-order chi connectivity index (χ1) is 8.65. The SMILES string of the molecule is CCCC(C)(O)CNc1ccc(S(N)(=O)=O)cc1F. The van der Waals surface area contributed by atoms with Crippen molar-refractivity contribution < 1.29 is 17.9 Å². The lowest BCUT2D eigenvalue weighted by molar-refractivity contribution is 0.0636. The van der Waals surface area contributed by atoms with Gasteiger partial charge in [-0.2, -0.15) is 0 Å². The van der Waals surface area contributed by atoms with Crippen LogP contribution in [0.2, 0.25) is 0 Å². The van der Waals surface area contributed by atoms with Crippen LogP contribution in [0.25, 0.3) is 0 Å². The Morgan fingerprint density at radius 1 is 1.47 bits per heavy atom. The Morgan fingerprint density at radius 2 is 2.11 bits per heavy atom. The number of anilines is 1. The van der Waals surface area contributed by atoms with Crippen molar-refractivity contribution in [2.45, 2.75) is 37.2 Å². The molecule has 1 aromatic carbocycles. The number of hydrogen-bond acceptors (Lipinski definition) is 4.